The Bertz CT molecular complexity index is 3340. The van der Waals surface area contributed by atoms with Gasteiger partial charge in [-0.05, 0) is 79.9 Å². The van der Waals surface area contributed by atoms with Gasteiger partial charge in [-0.25, -0.2) is 0 Å². The van der Waals surface area contributed by atoms with Gasteiger partial charge in [0.15, 0.2) is 11.6 Å². The minimum Gasteiger partial charge on any atom is -0.289 e. The first kappa shape index (κ1) is 44.2. The van der Waals surface area contributed by atoms with Crippen molar-refractivity contribution >= 4 is 56.2 Å². The van der Waals surface area contributed by atoms with E-state index in [1.807, 2.05) is 206 Å². The lowest BCUT2D eigenvalue weighted by Crippen LogP contribution is -2.02. The number of allylic oxidation sites excluding steroid dienone is 8. The average Bonchev–Trinajstić information content (AvgIpc) is 3.93. The van der Waals surface area contributed by atoms with Crippen LogP contribution in [0.5, 0.6) is 0 Å². The summed E-state index contributed by atoms with van der Waals surface area (Å²) in [7, 11) is 0. The smallest absolute Gasteiger partial charge is 0.195 e. The van der Waals surface area contributed by atoms with Crippen LogP contribution in [-0.2, 0) is 9.59 Å². The van der Waals surface area contributed by atoms with E-state index in [-0.39, 0.29) is 11.6 Å². The molecular weight excluding hydrogens is 849 g/mol. The van der Waals surface area contributed by atoms with Crippen LogP contribution in [0.1, 0.15) is 55.6 Å². The Balaban J connectivity index is 0.000000301. The second-order valence-electron chi connectivity index (χ2n) is 16.9. The van der Waals surface area contributed by atoms with E-state index in [1.54, 1.807) is 0 Å². The number of hydrogen-bond donors (Lipinski definition) is 0. The molecule has 0 heterocycles. The molecular formula is C68H44O2. The second kappa shape index (κ2) is 20.1. The van der Waals surface area contributed by atoms with Gasteiger partial charge < -0.3 is 0 Å². The number of carbonyl (C=O) groups is 2. The van der Waals surface area contributed by atoms with Crippen LogP contribution in [0.25, 0.3) is 55.7 Å². The number of rotatable bonds is 9. The van der Waals surface area contributed by atoms with E-state index < -0.39 is 0 Å². The van der Waals surface area contributed by atoms with Crippen LogP contribution < -0.4 is 0 Å². The molecule has 2 nitrogen and oxygen atoms in total. The number of ketones is 2. The molecule has 0 spiro atoms. The molecule has 0 aliphatic heterocycles. The van der Waals surface area contributed by atoms with E-state index in [0.717, 1.165) is 89.1 Å². The van der Waals surface area contributed by atoms with Crippen LogP contribution in [-0.4, -0.2) is 11.6 Å². The monoisotopic (exact) mass is 892 g/mol. The molecule has 2 aliphatic carbocycles. The maximum absolute atomic E-state index is 14.8. The number of benzene rings is 9. The lowest BCUT2D eigenvalue weighted by molar-refractivity contribution is -0.109. The summed E-state index contributed by atoms with van der Waals surface area (Å²) >= 11 is 0. The molecule has 70 heavy (non-hydrogen) atoms. The Morgan fingerprint density at radius 3 is 0.571 bits per heavy atom. The van der Waals surface area contributed by atoms with Gasteiger partial charge in [0, 0.05) is 55.7 Å². The standard InChI is InChI=1S/C52H34O2.C16H10/c53-51-47(37-23-11-3-12-24-37)43(35-19-7-1-8-20-35)45(49(51)39-27-15-5-16-28-39)41-31-33-42(34-32-41)46-44(36-21-9-2-10-22-36)48(38-25-13-4-14-26-38)52(54)50(46)40-29-17-6-18-30-40;1-3-13-5-9-15(10-6-13)16-11-7-14(4-2)8-12-16/h1-34H;1-2,5-12H. The molecule has 11 rings (SSSR count). The zero-order chi connectivity index (χ0) is 47.8. The van der Waals surface area contributed by atoms with Crippen molar-refractivity contribution in [2.45, 2.75) is 0 Å². The predicted octanol–water partition coefficient (Wildman–Crippen LogP) is 15.2. The number of Topliss-reactive ketones (excluding diaryl/α,β-unsaturated/α-hetero) is 2. The molecule has 0 radical (unpaired) electrons. The summed E-state index contributed by atoms with van der Waals surface area (Å²) in [6, 6.07) is 84.5. The first-order chi connectivity index (χ1) is 34.5. The molecule has 9 aromatic carbocycles. The topological polar surface area (TPSA) is 34.1 Å². The molecule has 0 aromatic heterocycles. The maximum Gasteiger partial charge on any atom is 0.195 e. The summed E-state index contributed by atoms with van der Waals surface area (Å²) in [5, 5.41) is 0. The molecule has 0 amide bonds. The Hall–Kier alpha value is -9.60. The normalized spacial score (nSPS) is 13.2. The molecule has 0 N–H and O–H groups in total. The van der Waals surface area contributed by atoms with E-state index in [0.29, 0.717) is 22.3 Å². The van der Waals surface area contributed by atoms with Crippen LogP contribution in [0.2, 0.25) is 0 Å². The highest BCUT2D eigenvalue weighted by Crippen LogP contribution is 2.52. The van der Waals surface area contributed by atoms with Crippen molar-refractivity contribution in [3.8, 4) is 35.8 Å². The zero-order valence-electron chi connectivity index (χ0n) is 38.2. The third kappa shape index (κ3) is 8.74. The SMILES string of the molecule is C#Cc1ccc(-c2ccc(C#C)cc2)cc1.O=C1C(c2ccccc2)=C(c2ccccc2)C(c2ccc(C3=C(c4ccccc4)C(=O)C(c4ccccc4)=C3c3ccccc3)cc2)=C1c1ccccc1. The van der Waals surface area contributed by atoms with E-state index in [1.165, 1.54) is 0 Å². The Kier molecular flexibility index (Phi) is 12.7. The molecule has 0 bridgehead atoms. The summed E-state index contributed by atoms with van der Waals surface area (Å²) < 4.78 is 0. The third-order valence-electron chi connectivity index (χ3n) is 12.7. The number of terminal acetylenes is 2. The van der Waals surface area contributed by atoms with Crippen LogP contribution in [0.3, 0.4) is 0 Å². The zero-order valence-corrected chi connectivity index (χ0v) is 38.2. The fourth-order valence-electron chi connectivity index (χ4n) is 9.41. The van der Waals surface area contributed by atoms with Crippen LogP contribution >= 0.6 is 0 Å². The van der Waals surface area contributed by atoms with Gasteiger partial charge in [-0.1, -0.05) is 242 Å². The molecule has 2 heteroatoms. The van der Waals surface area contributed by atoms with Crippen LogP contribution in [0, 0.1) is 24.7 Å². The Labute approximate surface area is 410 Å². The summed E-state index contributed by atoms with van der Waals surface area (Å²) in [6.07, 6.45) is 10.6. The fraction of sp³-hybridized carbons (Fsp3) is 0. The highest BCUT2D eigenvalue weighted by Gasteiger charge is 2.37. The fourth-order valence-corrected chi connectivity index (χ4v) is 9.41. The highest BCUT2D eigenvalue weighted by atomic mass is 16.1. The second-order valence-corrected chi connectivity index (χ2v) is 16.9. The highest BCUT2D eigenvalue weighted by molar-refractivity contribution is 6.60. The van der Waals surface area contributed by atoms with Gasteiger partial charge in [0.05, 0.1) is 0 Å². The van der Waals surface area contributed by atoms with Gasteiger partial charge in [-0.15, -0.1) is 12.8 Å². The minimum absolute atomic E-state index is 0.00240. The Morgan fingerprint density at radius 1 is 0.200 bits per heavy atom. The van der Waals surface area contributed by atoms with Crippen molar-refractivity contribution in [3.05, 3.63) is 310 Å². The third-order valence-corrected chi connectivity index (χ3v) is 12.7. The summed E-state index contributed by atoms with van der Waals surface area (Å²) in [6.45, 7) is 0. The molecule has 0 unspecified atom stereocenters. The molecule has 9 aromatic rings. The van der Waals surface area contributed by atoms with E-state index >= 15 is 0 Å². The lowest BCUT2D eigenvalue weighted by atomic mass is 9.86. The molecule has 328 valence electrons. The van der Waals surface area contributed by atoms with Crippen molar-refractivity contribution in [1.29, 1.82) is 0 Å². The largest absolute Gasteiger partial charge is 0.289 e. The number of hydrogen-bond acceptors (Lipinski definition) is 2. The number of carbonyl (C=O) groups excluding carboxylic acids is 2. The van der Waals surface area contributed by atoms with Gasteiger partial charge in [-0.3, -0.25) is 9.59 Å². The van der Waals surface area contributed by atoms with Gasteiger partial charge in [0.2, 0.25) is 0 Å². The van der Waals surface area contributed by atoms with Crippen molar-refractivity contribution in [1.82, 2.24) is 0 Å². The van der Waals surface area contributed by atoms with Crippen molar-refractivity contribution in [2.75, 3.05) is 0 Å². The summed E-state index contributed by atoms with van der Waals surface area (Å²) in [5.74, 6) is 5.20. The molecule has 0 saturated heterocycles. The quantitative estimate of drug-likeness (QED) is 0.135. The minimum atomic E-state index is 0.00240. The Morgan fingerprint density at radius 2 is 0.371 bits per heavy atom. The molecule has 0 atom stereocenters. The van der Waals surface area contributed by atoms with E-state index in [4.69, 9.17) is 12.8 Å². The van der Waals surface area contributed by atoms with E-state index in [2.05, 4.69) is 60.4 Å². The summed E-state index contributed by atoms with van der Waals surface area (Å²) in [5.41, 5.74) is 17.7. The summed E-state index contributed by atoms with van der Waals surface area (Å²) in [4.78, 5) is 29.6. The van der Waals surface area contributed by atoms with Gasteiger partial charge in [0.1, 0.15) is 0 Å². The first-order valence-electron chi connectivity index (χ1n) is 23.2. The molecule has 2 aliphatic rings. The van der Waals surface area contributed by atoms with Crippen LogP contribution in [0.4, 0.5) is 0 Å². The molecule has 0 saturated carbocycles. The molecule has 0 fully saturated rings. The maximum atomic E-state index is 14.8. The predicted molar refractivity (Wildman–Crippen MR) is 290 cm³/mol. The first-order valence-corrected chi connectivity index (χ1v) is 23.2. The van der Waals surface area contributed by atoms with E-state index in [9.17, 15) is 9.59 Å². The van der Waals surface area contributed by atoms with Gasteiger partial charge in [-0.2, -0.15) is 0 Å². The van der Waals surface area contributed by atoms with Gasteiger partial charge >= 0.3 is 0 Å². The average molecular weight is 893 g/mol. The van der Waals surface area contributed by atoms with Crippen molar-refractivity contribution < 1.29 is 9.59 Å². The van der Waals surface area contributed by atoms with Crippen LogP contribution in [0.15, 0.2) is 255 Å². The lowest BCUT2D eigenvalue weighted by Gasteiger charge is -2.16. The van der Waals surface area contributed by atoms with Crippen molar-refractivity contribution in [2.24, 2.45) is 0 Å². The van der Waals surface area contributed by atoms with Crippen molar-refractivity contribution in [3.63, 3.8) is 0 Å². The van der Waals surface area contributed by atoms with Gasteiger partial charge in [0.25, 0.3) is 0 Å².